The highest BCUT2D eigenvalue weighted by molar-refractivity contribution is 6.32. The molecule has 0 saturated carbocycles. The lowest BCUT2D eigenvalue weighted by Gasteiger charge is -2.10. The lowest BCUT2D eigenvalue weighted by atomic mass is 10.2. The van der Waals surface area contributed by atoms with Gasteiger partial charge in [0.25, 0.3) is 5.69 Å². The number of benzene rings is 1. The fraction of sp³-hybridized carbons (Fsp3) is 0.455. The van der Waals surface area contributed by atoms with Crippen LogP contribution in [0.2, 0.25) is 5.02 Å². The molecule has 1 atom stereocenters. The summed E-state index contributed by atoms with van der Waals surface area (Å²) in [5.74, 6) is 0. The van der Waals surface area contributed by atoms with Crippen molar-refractivity contribution in [2.24, 2.45) is 0 Å². The van der Waals surface area contributed by atoms with Crippen LogP contribution >= 0.6 is 11.6 Å². The molecule has 1 aromatic rings. The van der Waals surface area contributed by atoms with E-state index in [0.29, 0.717) is 13.1 Å². The first-order chi connectivity index (χ1) is 8.54. The molecule has 7 heteroatoms. The van der Waals surface area contributed by atoms with Crippen molar-refractivity contribution in [1.29, 1.82) is 0 Å². The Bertz CT molecular complexity index is 414. The highest BCUT2D eigenvalue weighted by Gasteiger charge is 2.12. The summed E-state index contributed by atoms with van der Waals surface area (Å²) in [6, 6.07) is 4.60. The molecule has 0 aliphatic carbocycles. The first-order valence-corrected chi connectivity index (χ1v) is 5.73. The number of nitrogens with one attached hydrogen (secondary N) is 1. The number of aliphatic hydroxyl groups excluding tert-OH is 1. The molecule has 2 N–H and O–H groups in total. The molecule has 100 valence electrons. The van der Waals surface area contributed by atoms with Crippen LogP contribution in [0.4, 0.5) is 5.69 Å². The quantitative estimate of drug-likeness (QED) is 0.579. The molecular formula is C11H15ClN2O4. The molecule has 0 heterocycles. The van der Waals surface area contributed by atoms with E-state index in [9.17, 15) is 15.2 Å². The maximum Gasteiger partial charge on any atom is 0.288 e. The third-order valence-electron chi connectivity index (χ3n) is 2.28. The van der Waals surface area contributed by atoms with E-state index in [1.807, 2.05) is 0 Å². The monoisotopic (exact) mass is 274 g/mol. The van der Waals surface area contributed by atoms with Crippen LogP contribution in [-0.4, -0.2) is 36.4 Å². The van der Waals surface area contributed by atoms with Crippen LogP contribution in [-0.2, 0) is 11.3 Å². The van der Waals surface area contributed by atoms with Gasteiger partial charge in [-0.15, -0.1) is 0 Å². The number of methoxy groups -OCH3 is 1. The Balaban J connectivity index is 2.53. The number of rotatable bonds is 7. The Labute approximate surface area is 110 Å². The van der Waals surface area contributed by atoms with Crippen LogP contribution in [0.5, 0.6) is 0 Å². The highest BCUT2D eigenvalue weighted by atomic mass is 35.5. The van der Waals surface area contributed by atoms with E-state index in [1.165, 1.54) is 19.2 Å². The van der Waals surface area contributed by atoms with Gasteiger partial charge >= 0.3 is 0 Å². The third-order valence-corrected chi connectivity index (χ3v) is 2.59. The summed E-state index contributed by atoms with van der Waals surface area (Å²) in [5.41, 5.74) is 0.615. The Morgan fingerprint density at radius 2 is 2.33 bits per heavy atom. The molecule has 0 fully saturated rings. The Hall–Kier alpha value is -1.21. The van der Waals surface area contributed by atoms with Gasteiger partial charge in [0, 0.05) is 26.3 Å². The summed E-state index contributed by atoms with van der Waals surface area (Å²) in [7, 11) is 1.51. The molecular weight excluding hydrogens is 260 g/mol. The van der Waals surface area contributed by atoms with Gasteiger partial charge in [-0.2, -0.15) is 0 Å². The summed E-state index contributed by atoms with van der Waals surface area (Å²) in [6.45, 7) is 1.01. The van der Waals surface area contributed by atoms with E-state index >= 15 is 0 Å². The van der Waals surface area contributed by atoms with Crippen LogP contribution in [0.25, 0.3) is 0 Å². The predicted molar refractivity (Wildman–Crippen MR) is 67.7 cm³/mol. The number of halogens is 1. The first-order valence-electron chi connectivity index (χ1n) is 5.35. The Kier molecular flexibility index (Phi) is 6.00. The van der Waals surface area contributed by atoms with Crippen LogP contribution < -0.4 is 5.32 Å². The molecule has 1 unspecified atom stereocenters. The van der Waals surface area contributed by atoms with Crippen LogP contribution in [0.15, 0.2) is 18.2 Å². The third kappa shape index (κ3) is 4.58. The second-order valence-corrected chi connectivity index (χ2v) is 4.19. The van der Waals surface area contributed by atoms with E-state index in [4.69, 9.17) is 16.3 Å². The second-order valence-electron chi connectivity index (χ2n) is 3.78. The zero-order valence-electron chi connectivity index (χ0n) is 9.93. The largest absolute Gasteiger partial charge is 0.389 e. The summed E-state index contributed by atoms with van der Waals surface area (Å²) < 4.78 is 4.78. The second kappa shape index (κ2) is 7.27. The van der Waals surface area contributed by atoms with Gasteiger partial charge in [0.1, 0.15) is 5.02 Å². The topological polar surface area (TPSA) is 84.6 Å². The van der Waals surface area contributed by atoms with Gasteiger partial charge in [-0.25, -0.2) is 0 Å². The zero-order valence-corrected chi connectivity index (χ0v) is 10.7. The minimum atomic E-state index is -0.600. The van der Waals surface area contributed by atoms with Crippen molar-refractivity contribution in [2.45, 2.75) is 12.6 Å². The number of hydrogen-bond acceptors (Lipinski definition) is 5. The van der Waals surface area contributed by atoms with E-state index in [0.717, 1.165) is 5.56 Å². The van der Waals surface area contributed by atoms with E-state index in [1.54, 1.807) is 6.07 Å². The fourth-order valence-electron chi connectivity index (χ4n) is 1.44. The van der Waals surface area contributed by atoms with Crippen LogP contribution in [0, 0.1) is 10.1 Å². The average Bonchev–Trinajstić information content (AvgIpc) is 2.31. The SMILES string of the molecule is COCC(O)CNCc1ccc(Cl)c([N+](=O)[O-])c1. The summed E-state index contributed by atoms with van der Waals surface area (Å²) in [5, 5.41) is 23.2. The predicted octanol–water partition coefficient (Wildman–Crippen LogP) is 1.35. The maximum atomic E-state index is 10.7. The minimum Gasteiger partial charge on any atom is -0.389 e. The van der Waals surface area contributed by atoms with Gasteiger partial charge in [-0.3, -0.25) is 10.1 Å². The molecule has 0 bridgehead atoms. The molecule has 0 saturated heterocycles. The average molecular weight is 275 g/mol. The van der Waals surface area contributed by atoms with Gasteiger partial charge in [0.2, 0.25) is 0 Å². The van der Waals surface area contributed by atoms with Crippen molar-refractivity contribution in [3.05, 3.63) is 38.9 Å². The normalized spacial score (nSPS) is 12.4. The van der Waals surface area contributed by atoms with Gasteiger partial charge in [-0.05, 0) is 11.6 Å². The van der Waals surface area contributed by atoms with Gasteiger partial charge in [0.15, 0.2) is 0 Å². The number of ether oxygens (including phenoxy) is 1. The molecule has 0 aromatic heterocycles. The van der Waals surface area contributed by atoms with Gasteiger partial charge in [0.05, 0.1) is 17.6 Å². The van der Waals surface area contributed by atoms with E-state index in [2.05, 4.69) is 5.32 Å². The number of nitrogens with zero attached hydrogens (tertiary/aromatic N) is 1. The zero-order chi connectivity index (χ0) is 13.5. The molecule has 18 heavy (non-hydrogen) atoms. The van der Waals surface area contributed by atoms with E-state index in [-0.39, 0.29) is 17.3 Å². The van der Waals surface area contributed by atoms with Gasteiger partial charge in [-0.1, -0.05) is 17.7 Å². The smallest absolute Gasteiger partial charge is 0.288 e. The summed E-state index contributed by atoms with van der Waals surface area (Å²) >= 11 is 5.70. The number of hydrogen-bond donors (Lipinski definition) is 2. The van der Waals surface area contributed by atoms with Crippen LogP contribution in [0.3, 0.4) is 0 Å². The lowest BCUT2D eigenvalue weighted by Crippen LogP contribution is -2.29. The molecule has 1 rings (SSSR count). The highest BCUT2D eigenvalue weighted by Crippen LogP contribution is 2.24. The standard InChI is InChI=1S/C11H15ClN2O4/c1-18-7-9(15)6-13-5-8-2-3-10(12)11(4-8)14(16)17/h2-4,9,13,15H,5-7H2,1H3. The van der Waals surface area contributed by atoms with Crippen molar-refractivity contribution in [3.63, 3.8) is 0 Å². The van der Waals surface area contributed by atoms with Crippen molar-refractivity contribution >= 4 is 17.3 Å². The Morgan fingerprint density at radius 1 is 1.61 bits per heavy atom. The number of aliphatic hydroxyl groups is 1. The number of nitro groups is 1. The van der Waals surface area contributed by atoms with Crippen molar-refractivity contribution in [1.82, 2.24) is 5.32 Å². The summed E-state index contributed by atoms with van der Waals surface area (Å²) in [6.07, 6.45) is -0.600. The Morgan fingerprint density at radius 3 is 2.94 bits per heavy atom. The van der Waals surface area contributed by atoms with Crippen molar-refractivity contribution < 1.29 is 14.8 Å². The molecule has 6 nitrogen and oxygen atoms in total. The lowest BCUT2D eigenvalue weighted by molar-refractivity contribution is -0.384. The first kappa shape index (κ1) is 14.8. The van der Waals surface area contributed by atoms with Crippen molar-refractivity contribution in [3.8, 4) is 0 Å². The molecule has 0 aliphatic heterocycles. The minimum absolute atomic E-state index is 0.114. The maximum absolute atomic E-state index is 10.7. The molecule has 0 radical (unpaired) electrons. The van der Waals surface area contributed by atoms with Crippen molar-refractivity contribution in [2.75, 3.05) is 20.3 Å². The molecule has 0 aliphatic rings. The molecule has 1 aromatic carbocycles. The fourth-order valence-corrected chi connectivity index (χ4v) is 1.63. The van der Waals surface area contributed by atoms with Gasteiger partial charge < -0.3 is 15.2 Å². The molecule has 0 spiro atoms. The van der Waals surface area contributed by atoms with E-state index < -0.39 is 11.0 Å². The molecule has 0 amide bonds. The van der Waals surface area contributed by atoms with Crippen LogP contribution in [0.1, 0.15) is 5.56 Å². The summed E-state index contributed by atoms with van der Waals surface area (Å²) in [4.78, 5) is 10.2. The number of nitro benzene ring substituents is 1.